The number of carbonyl (C=O) groups excluding carboxylic acids is 3. The Kier molecular flexibility index (Phi) is 8.25. The highest BCUT2D eigenvalue weighted by molar-refractivity contribution is 5.91. The standard InChI is InChI=1S/C28H37N5O3/c1-4-31-20-26(34)32-24(17-21(2)3)27(35)30(16-15-22-11-7-5-8-12-22)19-25(32)33(31)28(36)29-18-23-13-9-6-10-14-23/h5-14,21,24-25H,4,15-20H2,1-3H3,(H,29,36)/t24-,25-/m0/s1. The van der Waals surface area contributed by atoms with Crippen LogP contribution in [-0.4, -0.2) is 76.0 Å². The SMILES string of the molecule is CCN1CC(=O)N2[C@@H](CC(C)C)C(=O)N(CCc3ccccc3)C[C@@H]2N1C(=O)NCc1ccccc1. The summed E-state index contributed by atoms with van der Waals surface area (Å²) in [5.74, 6) is 0.0977. The van der Waals surface area contributed by atoms with Crippen molar-refractivity contribution < 1.29 is 14.4 Å². The van der Waals surface area contributed by atoms with E-state index in [0.717, 1.165) is 17.5 Å². The van der Waals surface area contributed by atoms with E-state index in [1.54, 1.807) is 14.9 Å². The lowest BCUT2D eigenvalue weighted by Crippen LogP contribution is -2.76. The van der Waals surface area contributed by atoms with Gasteiger partial charge in [-0.2, -0.15) is 0 Å². The molecule has 2 aliphatic rings. The zero-order valence-electron chi connectivity index (χ0n) is 21.5. The molecule has 8 nitrogen and oxygen atoms in total. The van der Waals surface area contributed by atoms with Crippen LogP contribution in [0.15, 0.2) is 60.7 Å². The number of rotatable bonds is 8. The predicted octanol–water partition coefficient (Wildman–Crippen LogP) is 3.10. The Balaban J connectivity index is 1.59. The molecule has 36 heavy (non-hydrogen) atoms. The van der Waals surface area contributed by atoms with Gasteiger partial charge in [0.25, 0.3) is 0 Å². The summed E-state index contributed by atoms with van der Waals surface area (Å²) in [6, 6.07) is 19.0. The van der Waals surface area contributed by atoms with E-state index in [9.17, 15) is 14.4 Å². The van der Waals surface area contributed by atoms with Crippen molar-refractivity contribution in [2.24, 2.45) is 5.92 Å². The van der Waals surface area contributed by atoms with E-state index in [1.165, 1.54) is 0 Å². The van der Waals surface area contributed by atoms with E-state index >= 15 is 0 Å². The van der Waals surface area contributed by atoms with Crippen molar-refractivity contribution in [3.8, 4) is 0 Å². The van der Waals surface area contributed by atoms with Gasteiger partial charge in [0.1, 0.15) is 12.2 Å². The lowest BCUT2D eigenvalue weighted by Gasteiger charge is -2.55. The first kappa shape index (κ1) is 25.7. The Bertz CT molecular complexity index is 1050. The van der Waals surface area contributed by atoms with E-state index in [1.807, 2.05) is 60.4 Å². The minimum Gasteiger partial charge on any atom is -0.337 e. The largest absolute Gasteiger partial charge is 0.337 e. The van der Waals surface area contributed by atoms with Gasteiger partial charge in [-0.05, 0) is 29.9 Å². The molecule has 0 spiro atoms. The molecule has 0 unspecified atom stereocenters. The molecule has 4 amide bonds. The molecular formula is C28H37N5O3. The Morgan fingerprint density at radius 1 is 1.00 bits per heavy atom. The fraction of sp³-hybridized carbons (Fsp3) is 0.464. The average Bonchev–Trinajstić information content (AvgIpc) is 2.88. The van der Waals surface area contributed by atoms with Crippen LogP contribution in [0.5, 0.6) is 0 Å². The Morgan fingerprint density at radius 2 is 1.64 bits per heavy atom. The third kappa shape index (κ3) is 5.70. The maximum Gasteiger partial charge on any atom is 0.334 e. The Morgan fingerprint density at radius 3 is 2.25 bits per heavy atom. The number of piperazine rings is 1. The normalized spacial score (nSPS) is 20.6. The van der Waals surface area contributed by atoms with E-state index in [2.05, 4.69) is 31.3 Å². The number of likely N-dealkylation sites (N-methyl/N-ethyl adjacent to an activating group) is 1. The molecule has 0 aromatic heterocycles. The zero-order valence-corrected chi connectivity index (χ0v) is 21.5. The van der Waals surface area contributed by atoms with Gasteiger partial charge in [0.2, 0.25) is 11.8 Å². The van der Waals surface area contributed by atoms with E-state index in [-0.39, 0.29) is 30.3 Å². The van der Waals surface area contributed by atoms with Crippen LogP contribution in [0.25, 0.3) is 0 Å². The van der Waals surface area contributed by atoms with Crippen LogP contribution in [0.2, 0.25) is 0 Å². The fourth-order valence-electron chi connectivity index (χ4n) is 5.10. The van der Waals surface area contributed by atoms with Gasteiger partial charge in [0.15, 0.2) is 0 Å². The van der Waals surface area contributed by atoms with Crippen LogP contribution in [0.4, 0.5) is 4.79 Å². The number of carbonyl (C=O) groups is 3. The Labute approximate surface area is 213 Å². The van der Waals surface area contributed by atoms with E-state index in [0.29, 0.717) is 32.6 Å². The Hall–Kier alpha value is -3.39. The summed E-state index contributed by atoms with van der Waals surface area (Å²) in [5.41, 5.74) is 2.15. The smallest absolute Gasteiger partial charge is 0.334 e. The molecule has 2 heterocycles. The summed E-state index contributed by atoms with van der Waals surface area (Å²) in [6.07, 6.45) is 0.743. The minimum absolute atomic E-state index is 0.0289. The summed E-state index contributed by atoms with van der Waals surface area (Å²) in [6.45, 7) is 7.88. The number of hydrazine groups is 1. The number of urea groups is 1. The molecule has 2 aliphatic heterocycles. The molecule has 2 aromatic carbocycles. The van der Waals surface area contributed by atoms with Crippen LogP contribution in [0.3, 0.4) is 0 Å². The lowest BCUT2D eigenvalue weighted by molar-refractivity contribution is -0.190. The maximum atomic E-state index is 13.6. The van der Waals surface area contributed by atoms with Crippen molar-refractivity contribution in [3.05, 3.63) is 71.8 Å². The number of benzene rings is 2. The van der Waals surface area contributed by atoms with Crippen molar-refractivity contribution in [2.75, 3.05) is 26.2 Å². The summed E-state index contributed by atoms with van der Waals surface area (Å²) in [5, 5.41) is 6.48. The van der Waals surface area contributed by atoms with Gasteiger partial charge < -0.3 is 15.1 Å². The highest BCUT2D eigenvalue weighted by atomic mass is 16.2. The summed E-state index contributed by atoms with van der Waals surface area (Å²) < 4.78 is 0. The number of fused-ring (bicyclic) bond motifs is 1. The highest BCUT2D eigenvalue weighted by Gasteiger charge is 2.51. The quantitative estimate of drug-likeness (QED) is 0.616. The molecule has 192 valence electrons. The first-order chi connectivity index (χ1) is 17.4. The molecule has 0 bridgehead atoms. The van der Waals surface area contributed by atoms with Gasteiger partial charge >= 0.3 is 6.03 Å². The molecule has 1 N–H and O–H groups in total. The summed E-state index contributed by atoms with van der Waals surface area (Å²) in [4.78, 5) is 44.0. The second kappa shape index (κ2) is 11.6. The lowest BCUT2D eigenvalue weighted by atomic mass is 9.96. The monoisotopic (exact) mass is 491 g/mol. The van der Waals surface area contributed by atoms with Gasteiger partial charge in [-0.1, -0.05) is 81.4 Å². The highest BCUT2D eigenvalue weighted by Crippen LogP contribution is 2.29. The number of nitrogens with one attached hydrogen (secondary N) is 1. The first-order valence-corrected chi connectivity index (χ1v) is 12.9. The molecule has 2 aromatic rings. The first-order valence-electron chi connectivity index (χ1n) is 12.9. The predicted molar refractivity (Wildman–Crippen MR) is 138 cm³/mol. The summed E-state index contributed by atoms with van der Waals surface area (Å²) >= 11 is 0. The zero-order chi connectivity index (χ0) is 25.7. The van der Waals surface area contributed by atoms with Crippen molar-refractivity contribution >= 4 is 17.8 Å². The number of amides is 4. The van der Waals surface area contributed by atoms with E-state index in [4.69, 9.17) is 0 Å². The molecule has 2 atom stereocenters. The van der Waals surface area contributed by atoms with Crippen molar-refractivity contribution in [1.82, 2.24) is 25.1 Å². The van der Waals surface area contributed by atoms with Gasteiger partial charge in [-0.3, -0.25) is 9.59 Å². The van der Waals surface area contributed by atoms with Crippen molar-refractivity contribution in [1.29, 1.82) is 0 Å². The third-order valence-corrected chi connectivity index (χ3v) is 6.90. The molecule has 2 fully saturated rings. The topological polar surface area (TPSA) is 76.2 Å². The second-order valence-corrected chi connectivity index (χ2v) is 9.92. The molecule has 8 heteroatoms. The van der Waals surface area contributed by atoms with Crippen molar-refractivity contribution in [2.45, 2.75) is 52.4 Å². The number of hydrogen-bond acceptors (Lipinski definition) is 4. The number of hydrogen-bond donors (Lipinski definition) is 1. The maximum absolute atomic E-state index is 13.6. The van der Waals surface area contributed by atoms with Gasteiger partial charge in [0, 0.05) is 19.6 Å². The van der Waals surface area contributed by atoms with Crippen LogP contribution < -0.4 is 5.32 Å². The molecular weight excluding hydrogens is 454 g/mol. The number of nitrogens with zero attached hydrogens (tertiary/aromatic N) is 4. The second-order valence-electron chi connectivity index (χ2n) is 9.92. The van der Waals surface area contributed by atoms with Crippen LogP contribution >= 0.6 is 0 Å². The van der Waals surface area contributed by atoms with Crippen LogP contribution in [0, 0.1) is 5.92 Å². The van der Waals surface area contributed by atoms with Crippen molar-refractivity contribution in [3.63, 3.8) is 0 Å². The van der Waals surface area contributed by atoms with Crippen LogP contribution in [0.1, 0.15) is 38.3 Å². The minimum atomic E-state index is -0.574. The molecule has 4 rings (SSSR count). The average molecular weight is 492 g/mol. The molecule has 0 saturated carbocycles. The fourth-order valence-corrected chi connectivity index (χ4v) is 5.10. The summed E-state index contributed by atoms with van der Waals surface area (Å²) in [7, 11) is 0. The molecule has 0 radical (unpaired) electrons. The third-order valence-electron chi connectivity index (χ3n) is 6.90. The van der Waals surface area contributed by atoms with E-state index < -0.39 is 12.2 Å². The molecule has 0 aliphatic carbocycles. The van der Waals surface area contributed by atoms with Gasteiger partial charge in [-0.25, -0.2) is 14.8 Å². The van der Waals surface area contributed by atoms with Gasteiger partial charge in [0.05, 0.1) is 13.1 Å². The van der Waals surface area contributed by atoms with Gasteiger partial charge in [-0.15, -0.1) is 0 Å². The van der Waals surface area contributed by atoms with Crippen LogP contribution in [-0.2, 0) is 22.6 Å². The molecule has 2 saturated heterocycles.